The predicted octanol–water partition coefficient (Wildman–Crippen LogP) is 2.30. The van der Waals surface area contributed by atoms with E-state index in [1.54, 1.807) is 11.3 Å². The standard InChI is InChI=1S/C18H29N5OS/c1-3-19-18(21-11-16-10-20-13(2)25-16)22-15-8-9-23(12-15)17(24)14-6-4-5-7-14/h10,14-15H,3-9,11-12H2,1-2H3,(H2,19,21,22). The quantitative estimate of drug-likeness (QED) is 0.622. The summed E-state index contributed by atoms with van der Waals surface area (Å²) < 4.78 is 0. The van der Waals surface area contributed by atoms with Crippen molar-refractivity contribution in [2.24, 2.45) is 10.9 Å². The Morgan fingerprint density at radius 1 is 1.40 bits per heavy atom. The summed E-state index contributed by atoms with van der Waals surface area (Å²) in [4.78, 5) is 24.7. The Labute approximate surface area is 154 Å². The van der Waals surface area contributed by atoms with Crippen LogP contribution in [0.25, 0.3) is 0 Å². The Morgan fingerprint density at radius 3 is 2.88 bits per heavy atom. The molecule has 2 N–H and O–H groups in total. The van der Waals surface area contributed by atoms with Crippen LogP contribution < -0.4 is 10.6 Å². The molecule has 2 fully saturated rings. The van der Waals surface area contributed by atoms with Crippen molar-refractivity contribution in [3.05, 3.63) is 16.1 Å². The highest BCUT2D eigenvalue weighted by Gasteiger charge is 2.32. The average molecular weight is 364 g/mol. The minimum absolute atomic E-state index is 0.273. The molecule has 1 aromatic heterocycles. The van der Waals surface area contributed by atoms with E-state index in [1.807, 2.05) is 18.0 Å². The summed E-state index contributed by atoms with van der Waals surface area (Å²) in [6, 6.07) is 0.284. The van der Waals surface area contributed by atoms with E-state index in [0.29, 0.717) is 12.5 Å². The van der Waals surface area contributed by atoms with E-state index in [2.05, 4.69) is 27.5 Å². The Bertz CT molecular complexity index is 608. The lowest BCUT2D eigenvalue weighted by atomic mass is 10.1. The number of likely N-dealkylation sites (tertiary alicyclic amines) is 1. The molecule has 2 aliphatic rings. The van der Waals surface area contributed by atoms with Gasteiger partial charge in [-0.2, -0.15) is 0 Å². The third-order valence-corrected chi connectivity index (χ3v) is 5.85. The molecule has 2 heterocycles. The maximum Gasteiger partial charge on any atom is 0.225 e. The summed E-state index contributed by atoms with van der Waals surface area (Å²) in [5, 5.41) is 7.87. The fourth-order valence-corrected chi connectivity index (χ4v) is 4.38. The molecule has 1 aliphatic heterocycles. The third kappa shape index (κ3) is 4.93. The first kappa shape index (κ1) is 18.2. The van der Waals surface area contributed by atoms with Crippen molar-refractivity contribution in [2.45, 2.75) is 58.5 Å². The van der Waals surface area contributed by atoms with Crippen LogP contribution in [-0.4, -0.2) is 47.4 Å². The number of amides is 1. The zero-order valence-corrected chi connectivity index (χ0v) is 16.1. The van der Waals surface area contributed by atoms with Crippen molar-refractivity contribution in [1.82, 2.24) is 20.5 Å². The van der Waals surface area contributed by atoms with Gasteiger partial charge in [-0.3, -0.25) is 4.79 Å². The van der Waals surface area contributed by atoms with Crippen LogP contribution in [0.5, 0.6) is 0 Å². The normalized spacial score (nSPS) is 21.8. The molecule has 25 heavy (non-hydrogen) atoms. The van der Waals surface area contributed by atoms with E-state index >= 15 is 0 Å². The molecule has 1 amide bonds. The topological polar surface area (TPSA) is 69.6 Å². The molecule has 1 unspecified atom stereocenters. The second kappa shape index (κ2) is 8.65. The molecule has 0 aromatic carbocycles. The van der Waals surface area contributed by atoms with Crippen LogP contribution in [0.1, 0.15) is 48.9 Å². The Kier molecular flexibility index (Phi) is 6.29. The second-order valence-corrected chi connectivity index (χ2v) is 8.26. The van der Waals surface area contributed by atoms with Crippen LogP contribution in [0.15, 0.2) is 11.2 Å². The lowest BCUT2D eigenvalue weighted by molar-refractivity contribution is -0.134. The summed E-state index contributed by atoms with van der Waals surface area (Å²) >= 11 is 1.68. The molecular formula is C18H29N5OS. The molecule has 1 saturated carbocycles. The molecule has 0 spiro atoms. The van der Waals surface area contributed by atoms with Crippen LogP contribution in [0.2, 0.25) is 0 Å². The van der Waals surface area contributed by atoms with Crippen LogP contribution in [0.4, 0.5) is 0 Å². The fourth-order valence-electron chi connectivity index (χ4n) is 3.66. The number of hydrogen-bond donors (Lipinski definition) is 2. The number of aromatic nitrogens is 1. The summed E-state index contributed by atoms with van der Waals surface area (Å²) in [7, 11) is 0. The monoisotopic (exact) mass is 363 g/mol. The minimum atomic E-state index is 0.273. The van der Waals surface area contributed by atoms with Crippen molar-refractivity contribution in [1.29, 1.82) is 0 Å². The molecule has 1 aliphatic carbocycles. The van der Waals surface area contributed by atoms with Crippen LogP contribution in [0.3, 0.4) is 0 Å². The Hall–Kier alpha value is -1.63. The number of carbonyl (C=O) groups excluding carboxylic acids is 1. The molecule has 1 aromatic rings. The smallest absolute Gasteiger partial charge is 0.225 e. The molecule has 0 bridgehead atoms. The molecule has 6 nitrogen and oxygen atoms in total. The van der Waals surface area contributed by atoms with Crippen molar-refractivity contribution >= 4 is 23.2 Å². The molecule has 7 heteroatoms. The number of hydrogen-bond acceptors (Lipinski definition) is 4. The highest BCUT2D eigenvalue weighted by molar-refractivity contribution is 7.11. The molecule has 3 rings (SSSR count). The van der Waals surface area contributed by atoms with E-state index < -0.39 is 0 Å². The maximum absolute atomic E-state index is 12.6. The first-order chi connectivity index (χ1) is 12.2. The Balaban J connectivity index is 1.52. The van der Waals surface area contributed by atoms with E-state index in [4.69, 9.17) is 0 Å². The zero-order chi connectivity index (χ0) is 17.6. The summed E-state index contributed by atoms with van der Waals surface area (Å²) in [5.41, 5.74) is 0. The predicted molar refractivity (Wildman–Crippen MR) is 102 cm³/mol. The van der Waals surface area contributed by atoms with Crippen LogP contribution >= 0.6 is 11.3 Å². The highest BCUT2D eigenvalue weighted by atomic mass is 32.1. The van der Waals surface area contributed by atoms with E-state index in [-0.39, 0.29) is 12.0 Å². The van der Waals surface area contributed by atoms with Gasteiger partial charge < -0.3 is 15.5 Å². The number of thiazole rings is 1. The first-order valence-corrected chi connectivity index (χ1v) is 10.2. The van der Waals surface area contributed by atoms with Crippen molar-refractivity contribution < 1.29 is 4.79 Å². The van der Waals surface area contributed by atoms with Gasteiger partial charge in [0.15, 0.2) is 5.96 Å². The molecule has 1 atom stereocenters. The van der Waals surface area contributed by atoms with Crippen molar-refractivity contribution in [3.8, 4) is 0 Å². The number of rotatable bonds is 5. The van der Waals surface area contributed by atoms with E-state index in [1.165, 1.54) is 17.7 Å². The van der Waals surface area contributed by atoms with Gasteiger partial charge in [-0.1, -0.05) is 12.8 Å². The highest BCUT2D eigenvalue weighted by Crippen LogP contribution is 2.27. The van der Waals surface area contributed by atoms with Crippen LogP contribution in [-0.2, 0) is 11.3 Å². The van der Waals surface area contributed by atoms with Gasteiger partial charge in [-0.05, 0) is 33.1 Å². The zero-order valence-electron chi connectivity index (χ0n) is 15.3. The second-order valence-electron chi connectivity index (χ2n) is 6.94. The molecule has 1 saturated heterocycles. The molecular weight excluding hydrogens is 334 g/mol. The van der Waals surface area contributed by atoms with Gasteiger partial charge in [0.1, 0.15) is 0 Å². The number of guanidine groups is 1. The van der Waals surface area contributed by atoms with Gasteiger partial charge in [0.05, 0.1) is 11.6 Å². The van der Waals surface area contributed by atoms with Crippen LogP contribution in [0, 0.1) is 12.8 Å². The number of aryl methyl sites for hydroxylation is 1. The number of nitrogens with zero attached hydrogens (tertiary/aromatic N) is 3. The van der Waals surface area contributed by atoms with Gasteiger partial charge in [0.2, 0.25) is 5.91 Å². The summed E-state index contributed by atoms with van der Waals surface area (Å²) in [6.07, 6.45) is 7.45. The van der Waals surface area contributed by atoms with E-state index in [0.717, 1.165) is 49.9 Å². The largest absolute Gasteiger partial charge is 0.357 e. The number of nitrogens with one attached hydrogen (secondary N) is 2. The first-order valence-electron chi connectivity index (χ1n) is 9.40. The fraction of sp³-hybridized carbons (Fsp3) is 0.722. The SMILES string of the molecule is CCNC(=NCc1cnc(C)s1)NC1CCN(C(=O)C2CCCC2)C1. The Morgan fingerprint density at radius 2 is 2.20 bits per heavy atom. The summed E-state index contributed by atoms with van der Waals surface area (Å²) in [5.74, 6) is 1.47. The maximum atomic E-state index is 12.6. The van der Waals surface area contributed by atoms with Gasteiger partial charge in [0, 0.05) is 42.7 Å². The number of carbonyl (C=O) groups is 1. The van der Waals surface area contributed by atoms with Gasteiger partial charge >= 0.3 is 0 Å². The van der Waals surface area contributed by atoms with Gasteiger partial charge in [-0.15, -0.1) is 11.3 Å². The lowest BCUT2D eigenvalue weighted by Gasteiger charge is -2.21. The number of aliphatic imine (C=N–C) groups is 1. The average Bonchev–Trinajstić information content (AvgIpc) is 3.34. The summed E-state index contributed by atoms with van der Waals surface area (Å²) in [6.45, 7) is 7.19. The third-order valence-electron chi connectivity index (χ3n) is 4.95. The van der Waals surface area contributed by atoms with Gasteiger partial charge in [-0.25, -0.2) is 9.98 Å². The van der Waals surface area contributed by atoms with Gasteiger partial charge in [0.25, 0.3) is 0 Å². The van der Waals surface area contributed by atoms with Crippen molar-refractivity contribution in [3.63, 3.8) is 0 Å². The van der Waals surface area contributed by atoms with E-state index in [9.17, 15) is 4.79 Å². The molecule has 0 radical (unpaired) electrons. The minimum Gasteiger partial charge on any atom is -0.357 e. The van der Waals surface area contributed by atoms with Crippen molar-refractivity contribution in [2.75, 3.05) is 19.6 Å². The molecule has 138 valence electrons. The lowest BCUT2D eigenvalue weighted by Crippen LogP contribution is -2.45.